The average molecular weight is 328 g/mol. The molecule has 0 bridgehead atoms. The van der Waals surface area contributed by atoms with Gasteiger partial charge in [0, 0.05) is 17.8 Å². The summed E-state index contributed by atoms with van der Waals surface area (Å²) in [5.74, 6) is 0.555. The molecule has 6 nitrogen and oxygen atoms in total. The number of aliphatic hydroxyl groups is 1. The quantitative estimate of drug-likeness (QED) is 0.727. The van der Waals surface area contributed by atoms with Crippen LogP contribution in [0.25, 0.3) is 0 Å². The summed E-state index contributed by atoms with van der Waals surface area (Å²) in [6.07, 6.45) is 0.330. The minimum Gasteiger partial charge on any atom is -0.391 e. The number of nitrogens with zero attached hydrogens (tertiary/aromatic N) is 2. The molecule has 1 heterocycles. The third kappa shape index (κ3) is 5.03. The fourth-order valence-corrected chi connectivity index (χ4v) is 2.12. The third-order valence-electron chi connectivity index (χ3n) is 3.97. The number of aromatic nitrogens is 2. The van der Waals surface area contributed by atoms with Crippen molar-refractivity contribution in [3.63, 3.8) is 0 Å². The first-order valence-corrected chi connectivity index (χ1v) is 8.13. The maximum absolute atomic E-state index is 12.2. The van der Waals surface area contributed by atoms with E-state index in [4.69, 9.17) is 0 Å². The monoisotopic (exact) mass is 328 g/mol. The van der Waals surface area contributed by atoms with Gasteiger partial charge < -0.3 is 15.7 Å². The highest BCUT2D eigenvalue weighted by molar-refractivity contribution is 5.95. The highest BCUT2D eigenvalue weighted by atomic mass is 16.3. The molecule has 0 aliphatic rings. The zero-order valence-electron chi connectivity index (χ0n) is 14.3. The molecule has 0 saturated carbocycles. The van der Waals surface area contributed by atoms with Crippen LogP contribution in [0.2, 0.25) is 0 Å². The van der Waals surface area contributed by atoms with E-state index in [0.29, 0.717) is 11.4 Å². The third-order valence-corrected chi connectivity index (χ3v) is 3.97. The van der Waals surface area contributed by atoms with Gasteiger partial charge in [0.15, 0.2) is 5.82 Å². The van der Waals surface area contributed by atoms with Crippen molar-refractivity contribution in [3.8, 4) is 0 Å². The van der Waals surface area contributed by atoms with E-state index in [1.54, 1.807) is 18.2 Å². The van der Waals surface area contributed by atoms with Gasteiger partial charge in [-0.2, -0.15) is 5.10 Å². The highest BCUT2D eigenvalue weighted by Crippen LogP contribution is 2.16. The molecule has 128 valence electrons. The average Bonchev–Trinajstić information content (AvgIpc) is 2.60. The van der Waals surface area contributed by atoms with Crippen LogP contribution in [0.5, 0.6) is 0 Å². The summed E-state index contributed by atoms with van der Waals surface area (Å²) in [6, 6.07) is 10.8. The van der Waals surface area contributed by atoms with Crippen LogP contribution in [-0.4, -0.2) is 33.9 Å². The molecule has 0 aliphatic carbocycles. The van der Waals surface area contributed by atoms with Crippen LogP contribution in [0.3, 0.4) is 0 Å². The number of rotatable bonds is 7. The predicted molar refractivity (Wildman–Crippen MR) is 94.3 cm³/mol. The Labute approximate surface area is 142 Å². The van der Waals surface area contributed by atoms with Gasteiger partial charge in [0.25, 0.3) is 5.91 Å². The summed E-state index contributed by atoms with van der Waals surface area (Å²) in [5.41, 5.74) is 2.12. The number of nitrogens with one attached hydrogen (secondary N) is 2. The second kappa shape index (κ2) is 8.40. The van der Waals surface area contributed by atoms with Gasteiger partial charge in [-0.3, -0.25) is 4.79 Å². The lowest BCUT2D eigenvalue weighted by atomic mass is 10.0. The molecule has 0 spiro atoms. The van der Waals surface area contributed by atoms with Crippen molar-refractivity contribution in [1.82, 2.24) is 15.5 Å². The summed E-state index contributed by atoms with van der Waals surface area (Å²) in [5, 5.41) is 23.9. The fourth-order valence-electron chi connectivity index (χ4n) is 2.12. The van der Waals surface area contributed by atoms with E-state index in [-0.39, 0.29) is 18.4 Å². The Morgan fingerprint density at radius 3 is 2.71 bits per heavy atom. The first kappa shape index (κ1) is 17.9. The number of carbonyl (C=O) groups is 1. The molecule has 0 fully saturated rings. The van der Waals surface area contributed by atoms with Gasteiger partial charge in [-0.15, -0.1) is 5.10 Å². The van der Waals surface area contributed by atoms with Gasteiger partial charge in [-0.1, -0.05) is 26.3 Å². The lowest BCUT2D eigenvalue weighted by Gasteiger charge is -2.17. The van der Waals surface area contributed by atoms with Gasteiger partial charge >= 0.3 is 0 Å². The Hall–Kier alpha value is -2.47. The van der Waals surface area contributed by atoms with E-state index in [1.165, 1.54) is 0 Å². The molecule has 3 N–H and O–H groups in total. The van der Waals surface area contributed by atoms with E-state index >= 15 is 0 Å². The molecule has 2 rings (SSSR count). The lowest BCUT2D eigenvalue weighted by Crippen LogP contribution is -2.35. The summed E-state index contributed by atoms with van der Waals surface area (Å²) < 4.78 is 0. The minimum atomic E-state index is -0.539. The second-order valence-electron chi connectivity index (χ2n) is 5.93. The number of hydrogen-bond acceptors (Lipinski definition) is 5. The number of aliphatic hydroxyl groups excluding tert-OH is 1. The molecule has 1 amide bonds. The van der Waals surface area contributed by atoms with Crippen LogP contribution >= 0.6 is 0 Å². The largest absolute Gasteiger partial charge is 0.391 e. The van der Waals surface area contributed by atoms with E-state index < -0.39 is 6.10 Å². The normalized spacial score (nSPS) is 13.2. The molecule has 24 heavy (non-hydrogen) atoms. The molecule has 2 atom stereocenters. The molecule has 2 unspecified atom stereocenters. The fraction of sp³-hybridized carbons (Fsp3) is 0.389. The van der Waals surface area contributed by atoms with Crippen molar-refractivity contribution >= 4 is 17.4 Å². The molecule has 2 aromatic rings. The zero-order chi connectivity index (χ0) is 17.5. The molecule has 0 radical (unpaired) electrons. The van der Waals surface area contributed by atoms with Gasteiger partial charge in [-0.05, 0) is 43.2 Å². The highest BCUT2D eigenvalue weighted by Gasteiger charge is 2.14. The first-order valence-electron chi connectivity index (χ1n) is 8.13. The number of anilines is 2. The van der Waals surface area contributed by atoms with Gasteiger partial charge in [-0.25, -0.2) is 0 Å². The van der Waals surface area contributed by atoms with Crippen molar-refractivity contribution in [2.75, 3.05) is 11.9 Å². The van der Waals surface area contributed by atoms with Crippen molar-refractivity contribution in [1.29, 1.82) is 0 Å². The SMILES string of the molecule is CCC(C)C(O)CNC(=O)c1cccc(Nc2ccc(C)nn2)c1. The van der Waals surface area contributed by atoms with Crippen LogP contribution in [0, 0.1) is 12.8 Å². The molecular formula is C18H24N4O2. The van der Waals surface area contributed by atoms with Crippen molar-refractivity contribution in [2.24, 2.45) is 5.92 Å². The van der Waals surface area contributed by atoms with Crippen LogP contribution < -0.4 is 10.6 Å². The van der Waals surface area contributed by atoms with Crippen molar-refractivity contribution < 1.29 is 9.90 Å². The summed E-state index contributed by atoms with van der Waals surface area (Å²) in [6.45, 7) is 6.09. The van der Waals surface area contributed by atoms with Gasteiger partial charge in [0.1, 0.15) is 0 Å². The van der Waals surface area contributed by atoms with Crippen molar-refractivity contribution in [3.05, 3.63) is 47.7 Å². The van der Waals surface area contributed by atoms with E-state index in [2.05, 4.69) is 20.8 Å². The Bertz CT molecular complexity index is 673. The molecule has 1 aromatic carbocycles. The molecule has 0 aliphatic heterocycles. The van der Waals surface area contributed by atoms with E-state index in [1.807, 2.05) is 39.0 Å². The van der Waals surface area contributed by atoms with Gasteiger partial charge in [0.2, 0.25) is 0 Å². The molecule has 6 heteroatoms. The number of aryl methyl sites for hydroxylation is 1. The predicted octanol–water partition coefficient (Wildman–Crippen LogP) is 2.67. The molecular weight excluding hydrogens is 304 g/mol. The van der Waals surface area contributed by atoms with E-state index in [0.717, 1.165) is 17.8 Å². The summed E-state index contributed by atoms with van der Waals surface area (Å²) in [7, 11) is 0. The maximum Gasteiger partial charge on any atom is 0.251 e. The maximum atomic E-state index is 12.2. The smallest absolute Gasteiger partial charge is 0.251 e. The van der Waals surface area contributed by atoms with Crippen LogP contribution in [0.15, 0.2) is 36.4 Å². The first-order chi connectivity index (χ1) is 11.5. The van der Waals surface area contributed by atoms with Crippen molar-refractivity contribution in [2.45, 2.75) is 33.3 Å². The Morgan fingerprint density at radius 2 is 2.04 bits per heavy atom. The second-order valence-corrected chi connectivity index (χ2v) is 5.93. The Balaban J connectivity index is 1.98. The lowest BCUT2D eigenvalue weighted by molar-refractivity contribution is 0.0850. The Kier molecular flexibility index (Phi) is 6.26. The number of amides is 1. The van der Waals surface area contributed by atoms with E-state index in [9.17, 15) is 9.90 Å². The van der Waals surface area contributed by atoms with Crippen LogP contribution in [0.4, 0.5) is 11.5 Å². The molecule has 0 saturated heterocycles. The molecule has 1 aromatic heterocycles. The van der Waals surface area contributed by atoms with Crippen LogP contribution in [0.1, 0.15) is 36.3 Å². The minimum absolute atomic E-state index is 0.151. The standard InChI is InChI=1S/C18H24N4O2/c1-4-12(2)16(23)11-19-18(24)14-6-5-7-15(10-14)20-17-9-8-13(3)21-22-17/h5-10,12,16,23H,4,11H2,1-3H3,(H,19,24)(H,20,22). The van der Waals surface area contributed by atoms with Crippen LogP contribution in [-0.2, 0) is 0 Å². The zero-order valence-corrected chi connectivity index (χ0v) is 14.3. The number of benzene rings is 1. The van der Waals surface area contributed by atoms with Gasteiger partial charge in [0.05, 0.1) is 11.8 Å². The topological polar surface area (TPSA) is 87.1 Å². The Morgan fingerprint density at radius 1 is 1.25 bits per heavy atom. The number of carbonyl (C=O) groups excluding carboxylic acids is 1. The summed E-state index contributed by atoms with van der Waals surface area (Å²) >= 11 is 0. The number of hydrogen-bond donors (Lipinski definition) is 3. The summed E-state index contributed by atoms with van der Waals surface area (Å²) in [4.78, 5) is 12.2.